The maximum Gasteiger partial charge on any atom is 0.156 e. The van der Waals surface area contributed by atoms with Crippen molar-refractivity contribution in [1.82, 2.24) is 0 Å². The highest BCUT2D eigenvalue weighted by Crippen LogP contribution is 2.31. The topological polar surface area (TPSA) is 30.2 Å². The second kappa shape index (κ2) is 3.49. The van der Waals surface area contributed by atoms with Crippen molar-refractivity contribution in [3.05, 3.63) is 41.1 Å². The van der Waals surface area contributed by atoms with E-state index in [1.54, 1.807) is 12.1 Å². The lowest BCUT2D eigenvalue weighted by Crippen LogP contribution is -1.80. The predicted molar refractivity (Wildman–Crippen MR) is 63.4 cm³/mol. The number of carbonyl (C=O) groups excluding carboxylic acids is 1. The molecule has 0 aliphatic heterocycles. The van der Waals surface area contributed by atoms with Crippen molar-refractivity contribution in [1.29, 1.82) is 0 Å². The van der Waals surface area contributed by atoms with E-state index in [-0.39, 0.29) is 5.78 Å². The second-order valence-corrected chi connectivity index (χ2v) is 4.37. The van der Waals surface area contributed by atoms with Gasteiger partial charge in [-0.1, -0.05) is 11.6 Å². The molecule has 1 aromatic carbocycles. The average molecular weight is 233 g/mol. The lowest BCUT2D eigenvalue weighted by molar-refractivity contribution is -0.114. The standard InChI is InChI=1S/C13H9ClO2/c14-10-2-4-12-9(5-10)7-13(16-12)8-1-3-11(15)6-8/h2,4-7H,1,3H2. The second-order valence-electron chi connectivity index (χ2n) is 3.93. The number of carbonyl (C=O) groups is 1. The molecule has 2 nitrogen and oxygen atoms in total. The van der Waals surface area contributed by atoms with Gasteiger partial charge in [0.05, 0.1) is 0 Å². The Hall–Kier alpha value is -1.54. The first kappa shape index (κ1) is 9.67. The van der Waals surface area contributed by atoms with Crippen LogP contribution in [0.4, 0.5) is 0 Å². The highest BCUT2D eigenvalue weighted by Gasteiger charge is 2.16. The number of halogens is 1. The fourth-order valence-corrected chi connectivity index (χ4v) is 2.14. The maximum atomic E-state index is 11.2. The number of furan rings is 1. The predicted octanol–water partition coefficient (Wildman–Crippen LogP) is 3.83. The van der Waals surface area contributed by atoms with E-state index in [4.69, 9.17) is 16.0 Å². The first-order valence-corrected chi connectivity index (χ1v) is 5.53. The van der Waals surface area contributed by atoms with Gasteiger partial charge >= 0.3 is 0 Å². The third-order valence-electron chi connectivity index (χ3n) is 2.77. The Balaban J connectivity index is 2.12. The van der Waals surface area contributed by atoms with Gasteiger partial charge in [-0.3, -0.25) is 4.79 Å². The van der Waals surface area contributed by atoms with Gasteiger partial charge in [-0.05, 0) is 42.3 Å². The quantitative estimate of drug-likeness (QED) is 0.748. The number of ketones is 1. The first-order valence-electron chi connectivity index (χ1n) is 5.15. The molecule has 0 spiro atoms. The molecule has 0 saturated heterocycles. The molecule has 3 heteroatoms. The van der Waals surface area contributed by atoms with Crippen molar-refractivity contribution in [2.24, 2.45) is 0 Å². The highest BCUT2D eigenvalue weighted by molar-refractivity contribution is 6.31. The van der Waals surface area contributed by atoms with Crippen molar-refractivity contribution in [3.63, 3.8) is 0 Å². The van der Waals surface area contributed by atoms with Crippen LogP contribution in [-0.4, -0.2) is 5.78 Å². The minimum absolute atomic E-state index is 0.175. The van der Waals surface area contributed by atoms with Crippen LogP contribution in [0.15, 0.2) is 34.8 Å². The van der Waals surface area contributed by atoms with Gasteiger partial charge in [0.1, 0.15) is 11.3 Å². The van der Waals surface area contributed by atoms with Crippen molar-refractivity contribution in [2.45, 2.75) is 12.8 Å². The molecule has 0 saturated carbocycles. The number of allylic oxidation sites excluding steroid dienone is 2. The van der Waals surface area contributed by atoms with E-state index in [2.05, 4.69) is 0 Å². The van der Waals surface area contributed by atoms with Crippen LogP contribution in [0, 0.1) is 0 Å². The van der Waals surface area contributed by atoms with Gasteiger partial charge in [0.2, 0.25) is 0 Å². The first-order chi connectivity index (χ1) is 7.72. The molecular formula is C13H9ClO2. The van der Waals surface area contributed by atoms with Gasteiger partial charge in [0.15, 0.2) is 5.78 Å². The largest absolute Gasteiger partial charge is 0.456 e. The Morgan fingerprint density at radius 3 is 2.81 bits per heavy atom. The number of fused-ring (bicyclic) bond motifs is 1. The molecule has 1 aliphatic carbocycles. The Kier molecular flexibility index (Phi) is 2.11. The van der Waals surface area contributed by atoms with E-state index in [9.17, 15) is 4.79 Å². The van der Waals surface area contributed by atoms with E-state index in [1.807, 2.05) is 18.2 Å². The number of hydrogen-bond acceptors (Lipinski definition) is 2. The average Bonchev–Trinajstić information content (AvgIpc) is 2.83. The van der Waals surface area contributed by atoms with Crippen LogP contribution < -0.4 is 0 Å². The summed E-state index contributed by atoms with van der Waals surface area (Å²) in [5.74, 6) is 0.955. The molecule has 0 bridgehead atoms. The van der Waals surface area contributed by atoms with E-state index < -0.39 is 0 Å². The molecule has 0 atom stereocenters. The molecule has 80 valence electrons. The van der Waals surface area contributed by atoms with Crippen LogP contribution in [0.25, 0.3) is 16.5 Å². The molecule has 0 amide bonds. The molecule has 1 heterocycles. The van der Waals surface area contributed by atoms with Crippen LogP contribution >= 0.6 is 11.6 Å². The van der Waals surface area contributed by atoms with Crippen LogP contribution in [0.1, 0.15) is 18.6 Å². The Morgan fingerprint density at radius 1 is 1.19 bits per heavy atom. The summed E-state index contributed by atoms with van der Waals surface area (Å²) in [6.45, 7) is 0. The van der Waals surface area contributed by atoms with Crippen LogP contribution in [0.2, 0.25) is 5.02 Å². The molecule has 1 aromatic heterocycles. The zero-order chi connectivity index (χ0) is 11.1. The van der Waals surface area contributed by atoms with Crippen molar-refractivity contribution < 1.29 is 9.21 Å². The molecule has 0 N–H and O–H groups in total. The summed E-state index contributed by atoms with van der Waals surface area (Å²) >= 11 is 5.90. The van der Waals surface area contributed by atoms with Gasteiger partial charge in [0, 0.05) is 16.8 Å². The molecular weight excluding hydrogens is 224 g/mol. The molecule has 0 radical (unpaired) electrons. The van der Waals surface area contributed by atoms with Crippen LogP contribution in [-0.2, 0) is 4.79 Å². The Morgan fingerprint density at radius 2 is 2.06 bits per heavy atom. The fraction of sp³-hybridized carbons (Fsp3) is 0.154. The smallest absolute Gasteiger partial charge is 0.156 e. The van der Waals surface area contributed by atoms with E-state index in [1.165, 1.54) is 0 Å². The summed E-state index contributed by atoms with van der Waals surface area (Å²) in [5.41, 5.74) is 1.79. The number of rotatable bonds is 1. The van der Waals surface area contributed by atoms with Crippen molar-refractivity contribution in [2.75, 3.05) is 0 Å². The minimum atomic E-state index is 0.175. The molecule has 16 heavy (non-hydrogen) atoms. The zero-order valence-electron chi connectivity index (χ0n) is 8.50. The van der Waals surface area contributed by atoms with Gasteiger partial charge < -0.3 is 4.42 Å². The summed E-state index contributed by atoms with van der Waals surface area (Å²) in [5, 5.41) is 1.67. The Bertz CT molecular complexity index is 607. The fourth-order valence-electron chi connectivity index (χ4n) is 1.96. The molecule has 0 unspecified atom stereocenters. The molecule has 3 rings (SSSR count). The van der Waals surface area contributed by atoms with E-state index in [0.717, 1.165) is 28.7 Å². The number of hydrogen-bond donors (Lipinski definition) is 0. The maximum absolute atomic E-state index is 11.2. The van der Waals surface area contributed by atoms with Gasteiger partial charge in [-0.15, -0.1) is 0 Å². The number of benzene rings is 1. The van der Waals surface area contributed by atoms with E-state index in [0.29, 0.717) is 11.4 Å². The van der Waals surface area contributed by atoms with Crippen LogP contribution in [0.5, 0.6) is 0 Å². The Labute approximate surface area is 97.5 Å². The normalized spacial score (nSPS) is 15.8. The summed E-state index contributed by atoms with van der Waals surface area (Å²) in [7, 11) is 0. The lowest BCUT2D eigenvalue weighted by atomic mass is 10.1. The zero-order valence-corrected chi connectivity index (χ0v) is 9.25. The van der Waals surface area contributed by atoms with Gasteiger partial charge in [-0.2, -0.15) is 0 Å². The van der Waals surface area contributed by atoms with Crippen LogP contribution in [0.3, 0.4) is 0 Å². The van der Waals surface area contributed by atoms with Crippen molar-refractivity contribution in [3.8, 4) is 0 Å². The molecule has 2 aromatic rings. The molecule has 0 fully saturated rings. The third-order valence-corrected chi connectivity index (χ3v) is 3.01. The summed E-state index contributed by atoms with van der Waals surface area (Å²) in [6, 6.07) is 7.44. The highest BCUT2D eigenvalue weighted by atomic mass is 35.5. The summed E-state index contributed by atoms with van der Waals surface area (Å²) < 4.78 is 5.68. The van der Waals surface area contributed by atoms with Gasteiger partial charge in [0.25, 0.3) is 0 Å². The third kappa shape index (κ3) is 1.55. The van der Waals surface area contributed by atoms with Gasteiger partial charge in [-0.25, -0.2) is 0 Å². The monoisotopic (exact) mass is 232 g/mol. The van der Waals surface area contributed by atoms with E-state index >= 15 is 0 Å². The summed E-state index contributed by atoms with van der Waals surface area (Å²) in [6.07, 6.45) is 3.03. The lowest BCUT2D eigenvalue weighted by Gasteiger charge is -1.92. The molecule has 1 aliphatic rings. The minimum Gasteiger partial charge on any atom is -0.456 e. The summed E-state index contributed by atoms with van der Waals surface area (Å²) in [4.78, 5) is 11.2. The SMILES string of the molecule is O=C1C=C(c2cc3cc(Cl)ccc3o2)CC1. The van der Waals surface area contributed by atoms with Crippen molar-refractivity contribution >= 4 is 33.9 Å².